The first kappa shape index (κ1) is 16.3. The van der Waals surface area contributed by atoms with Gasteiger partial charge < -0.3 is 9.82 Å². The van der Waals surface area contributed by atoms with Gasteiger partial charge in [0, 0.05) is 29.5 Å². The SMILES string of the molecule is CC(C)=NNP(=O)(Nc1ccc(Cl)cc1)N1CCOCC1. The number of benzene rings is 1. The highest BCUT2D eigenvalue weighted by molar-refractivity contribution is 7.61. The van der Waals surface area contributed by atoms with Crippen molar-refractivity contribution in [1.82, 2.24) is 9.87 Å². The maximum Gasteiger partial charge on any atom is 0.346 e. The molecule has 1 atom stereocenters. The quantitative estimate of drug-likeness (QED) is 0.493. The zero-order valence-electron chi connectivity index (χ0n) is 12.2. The fraction of sp³-hybridized carbons (Fsp3) is 0.462. The number of morpholine rings is 1. The first-order valence-corrected chi connectivity index (χ1v) is 8.78. The molecule has 1 aliphatic rings. The van der Waals surface area contributed by atoms with E-state index in [1.54, 1.807) is 24.3 Å². The summed E-state index contributed by atoms with van der Waals surface area (Å²) in [6, 6.07) is 7.09. The van der Waals surface area contributed by atoms with Gasteiger partial charge in [0.1, 0.15) is 0 Å². The summed E-state index contributed by atoms with van der Waals surface area (Å²) in [6.07, 6.45) is 0. The van der Waals surface area contributed by atoms with Crippen LogP contribution in [-0.2, 0) is 9.30 Å². The van der Waals surface area contributed by atoms with Crippen LogP contribution in [0, 0.1) is 0 Å². The topological polar surface area (TPSA) is 66.0 Å². The molecule has 2 N–H and O–H groups in total. The molecule has 0 aliphatic carbocycles. The zero-order valence-corrected chi connectivity index (χ0v) is 13.8. The van der Waals surface area contributed by atoms with Crippen molar-refractivity contribution >= 4 is 30.6 Å². The normalized spacial score (nSPS) is 18.6. The second-order valence-corrected chi connectivity index (χ2v) is 7.50. The summed E-state index contributed by atoms with van der Waals surface area (Å²) >= 11 is 5.87. The van der Waals surface area contributed by atoms with Gasteiger partial charge in [0.15, 0.2) is 0 Å². The highest BCUT2D eigenvalue weighted by Crippen LogP contribution is 2.45. The van der Waals surface area contributed by atoms with E-state index in [0.29, 0.717) is 31.3 Å². The van der Waals surface area contributed by atoms with Gasteiger partial charge in [-0.1, -0.05) is 11.6 Å². The van der Waals surface area contributed by atoms with Crippen molar-refractivity contribution in [3.8, 4) is 0 Å². The second-order valence-electron chi connectivity index (χ2n) is 4.92. The van der Waals surface area contributed by atoms with Gasteiger partial charge in [0.2, 0.25) is 0 Å². The fourth-order valence-electron chi connectivity index (χ4n) is 1.86. The third-order valence-corrected chi connectivity index (χ3v) is 5.30. The molecule has 1 aliphatic heterocycles. The zero-order chi connectivity index (χ0) is 15.3. The number of nitrogens with zero attached hydrogens (tertiary/aromatic N) is 2. The third-order valence-electron chi connectivity index (χ3n) is 2.92. The molecule has 8 heteroatoms. The number of hydrazone groups is 1. The van der Waals surface area contributed by atoms with Crippen molar-refractivity contribution in [2.24, 2.45) is 5.10 Å². The van der Waals surface area contributed by atoms with Crippen molar-refractivity contribution in [3.63, 3.8) is 0 Å². The van der Waals surface area contributed by atoms with E-state index in [1.165, 1.54) is 0 Å². The van der Waals surface area contributed by atoms with Gasteiger partial charge >= 0.3 is 7.59 Å². The maximum absolute atomic E-state index is 13.2. The van der Waals surface area contributed by atoms with Crippen LogP contribution in [0.1, 0.15) is 13.8 Å². The maximum atomic E-state index is 13.2. The van der Waals surface area contributed by atoms with Gasteiger partial charge in [-0.2, -0.15) is 5.10 Å². The van der Waals surface area contributed by atoms with E-state index in [2.05, 4.69) is 15.4 Å². The van der Waals surface area contributed by atoms with E-state index < -0.39 is 7.59 Å². The lowest BCUT2D eigenvalue weighted by atomic mass is 10.3. The molecule has 0 radical (unpaired) electrons. The van der Waals surface area contributed by atoms with Crippen LogP contribution in [0.25, 0.3) is 0 Å². The lowest BCUT2D eigenvalue weighted by molar-refractivity contribution is 0.0717. The number of ether oxygens (including phenoxy) is 1. The van der Waals surface area contributed by atoms with Crippen LogP contribution in [-0.4, -0.2) is 36.7 Å². The summed E-state index contributed by atoms with van der Waals surface area (Å²) in [7, 11) is -3.06. The van der Waals surface area contributed by atoms with E-state index >= 15 is 0 Å². The third kappa shape index (κ3) is 4.71. The monoisotopic (exact) mass is 330 g/mol. The Labute approximate surface area is 130 Å². The highest BCUT2D eigenvalue weighted by atomic mass is 35.5. The number of anilines is 1. The van der Waals surface area contributed by atoms with Gasteiger partial charge in [-0.3, -0.25) is 4.57 Å². The smallest absolute Gasteiger partial charge is 0.346 e. The molecular weight excluding hydrogens is 311 g/mol. The number of hydrogen-bond acceptors (Lipinski definition) is 3. The number of rotatable bonds is 5. The lowest BCUT2D eigenvalue weighted by Gasteiger charge is -2.34. The minimum absolute atomic E-state index is 0.558. The van der Waals surface area contributed by atoms with Crippen molar-refractivity contribution in [1.29, 1.82) is 0 Å². The molecule has 0 saturated carbocycles. The van der Waals surface area contributed by atoms with Crippen LogP contribution in [0.4, 0.5) is 5.69 Å². The molecule has 2 rings (SSSR count). The van der Waals surface area contributed by atoms with Crippen LogP contribution in [0.15, 0.2) is 29.4 Å². The van der Waals surface area contributed by atoms with Gasteiger partial charge in [-0.05, 0) is 38.1 Å². The van der Waals surface area contributed by atoms with E-state index in [4.69, 9.17) is 16.3 Å². The Bertz CT molecular complexity index is 540. The van der Waals surface area contributed by atoms with Crippen molar-refractivity contribution < 1.29 is 9.30 Å². The van der Waals surface area contributed by atoms with Gasteiger partial charge in [-0.15, -0.1) is 0 Å². The van der Waals surface area contributed by atoms with Gasteiger partial charge in [0.05, 0.1) is 13.2 Å². The molecular formula is C13H20ClN4O2P. The number of halogens is 1. The lowest BCUT2D eigenvalue weighted by Crippen LogP contribution is -2.39. The average molecular weight is 331 g/mol. The van der Waals surface area contributed by atoms with Crippen molar-refractivity contribution in [2.75, 3.05) is 31.4 Å². The minimum Gasteiger partial charge on any atom is -0.379 e. The summed E-state index contributed by atoms with van der Waals surface area (Å²) in [5.41, 5.74) is 1.53. The van der Waals surface area contributed by atoms with Crippen LogP contribution in [0.3, 0.4) is 0 Å². The molecule has 1 saturated heterocycles. The standard InChI is InChI=1S/C13H20ClN4O2P/c1-11(2)15-17-21(19,18-7-9-20-10-8-18)16-13-5-3-12(14)4-6-13/h3-6H,7-10H2,1-2H3,(H2,16,17,19). The Morgan fingerprint density at radius 1 is 1.29 bits per heavy atom. The summed E-state index contributed by atoms with van der Waals surface area (Å²) in [4.78, 5) is 0. The van der Waals surface area contributed by atoms with Crippen LogP contribution in [0.2, 0.25) is 5.02 Å². The Kier molecular flexibility index (Phi) is 5.65. The first-order chi connectivity index (χ1) is 9.99. The molecule has 1 aromatic rings. The molecule has 0 bridgehead atoms. The van der Waals surface area contributed by atoms with Gasteiger partial charge in [0.25, 0.3) is 0 Å². The highest BCUT2D eigenvalue weighted by Gasteiger charge is 2.32. The predicted octanol–water partition coefficient (Wildman–Crippen LogP) is 3.18. The van der Waals surface area contributed by atoms with E-state index in [0.717, 1.165) is 11.4 Å². The summed E-state index contributed by atoms with van der Waals surface area (Å²) in [5.74, 6) is 0. The van der Waals surface area contributed by atoms with Crippen molar-refractivity contribution in [2.45, 2.75) is 13.8 Å². The predicted molar refractivity (Wildman–Crippen MR) is 87.0 cm³/mol. The van der Waals surface area contributed by atoms with Crippen LogP contribution >= 0.6 is 19.2 Å². The van der Waals surface area contributed by atoms with E-state index in [-0.39, 0.29) is 0 Å². The molecule has 21 heavy (non-hydrogen) atoms. The molecule has 1 fully saturated rings. The fourth-order valence-corrected chi connectivity index (χ4v) is 3.87. The number of nitrogens with one attached hydrogen (secondary N) is 2. The van der Waals surface area contributed by atoms with Crippen LogP contribution in [0.5, 0.6) is 0 Å². The average Bonchev–Trinajstić information content (AvgIpc) is 2.49. The molecule has 0 spiro atoms. The van der Waals surface area contributed by atoms with E-state index in [1.807, 2.05) is 18.5 Å². The molecule has 1 unspecified atom stereocenters. The molecule has 0 amide bonds. The molecule has 116 valence electrons. The summed E-state index contributed by atoms with van der Waals surface area (Å²) in [5, 5.41) is 10.6. The van der Waals surface area contributed by atoms with Crippen LogP contribution < -0.4 is 10.3 Å². The Morgan fingerprint density at radius 3 is 2.48 bits per heavy atom. The minimum atomic E-state index is -3.06. The van der Waals surface area contributed by atoms with E-state index in [9.17, 15) is 4.57 Å². The number of hydrogen-bond donors (Lipinski definition) is 2. The van der Waals surface area contributed by atoms with Crippen molar-refractivity contribution in [3.05, 3.63) is 29.3 Å². The summed E-state index contributed by atoms with van der Waals surface area (Å²) in [6.45, 7) is 5.98. The Morgan fingerprint density at radius 2 is 1.90 bits per heavy atom. The summed E-state index contributed by atoms with van der Waals surface area (Å²) < 4.78 is 20.4. The second kappa shape index (κ2) is 7.27. The first-order valence-electron chi connectivity index (χ1n) is 6.75. The van der Waals surface area contributed by atoms with Gasteiger partial charge in [-0.25, -0.2) is 9.87 Å². The Hall–Kier alpha value is -1.07. The molecule has 0 aromatic heterocycles. The largest absolute Gasteiger partial charge is 0.379 e. The Balaban J connectivity index is 2.19. The molecule has 6 nitrogen and oxygen atoms in total. The molecule has 1 heterocycles. The molecule has 1 aromatic carbocycles.